The number of aromatic nitrogens is 4. The molecule has 4 rings (SSSR count). The maximum Gasteiger partial charge on any atom is 0.490 e. The van der Waals surface area contributed by atoms with Gasteiger partial charge in [0.2, 0.25) is 0 Å². The lowest BCUT2D eigenvalue weighted by Crippen LogP contribution is -2.21. The van der Waals surface area contributed by atoms with Gasteiger partial charge in [0.15, 0.2) is 0 Å². The second-order valence-electron chi connectivity index (χ2n) is 6.75. The highest BCUT2D eigenvalue weighted by molar-refractivity contribution is 5.92. The minimum atomic E-state index is -5.08. The Balaban J connectivity index is 0.000000406. The fourth-order valence-electron chi connectivity index (χ4n) is 3.02. The van der Waals surface area contributed by atoms with E-state index in [-0.39, 0.29) is 12.0 Å². The van der Waals surface area contributed by atoms with Crippen molar-refractivity contribution in [3.63, 3.8) is 0 Å². The van der Waals surface area contributed by atoms with Crippen LogP contribution >= 0.6 is 0 Å². The first kappa shape index (κ1) is 24.3. The number of aliphatic carboxylic acids is 1. The lowest BCUT2D eigenvalue weighted by atomic mass is 10.1. The predicted molar refractivity (Wildman–Crippen MR) is 107 cm³/mol. The number of carbonyl (C=O) groups is 1. The van der Waals surface area contributed by atoms with Crippen molar-refractivity contribution in [1.29, 1.82) is 5.26 Å². The molecule has 0 saturated carbocycles. The minimum Gasteiger partial charge on any atom is -0.475 e. The number of hydrogen-bond donors (Lipinski definition) is 2. The molecule has 2 N–H and O–H groups in total. The van der Waals surface area contributed by atoms with Gasteiger partial charge in [0, 0.05) is 29.5 Å². The van der Waals surface area contributed by atoms with E-state index in [9.17, 15) is 26.3 Å². The SMILES string of the molecule is N#CCc1cc(C(F)(F)F)ccc1-n1cc(-c2ccnc3[nH]ccc23)cn1.O=C(O)C(F)(F)F. The van der Waals surface area contributed by atoms with Crippen molar-refractivity contribution in [3.8, 4) is 22.9 Å². The smallest absolute Gasteiger partial charge is 0.475 e. The highest BCUT2D eigenvalue weighted by atomic mass is 19.4. The minimum absolute atomic E-state index is 0.147. The van der Waals surface area contributed by atoms with Crippen molar-refractivity contribution in [2.75, 3.05) is 0 Å². The number of nitrogens with zero attached hydrogens (tertiary/aromatic N) is 4. The van der Waals surface area contributed by atoms with Gasteiger partial charge in [-0.15, -0.1) is 0 Å². The lowest BCUT2D eigenvalue weighted by Gasteiger charge is -2.12. The Morgan fingerprint density at radius 2 is 1.85 bits per heavy atom. The van der Waals surface area contributed by atoms with Crippen molar-refractivity contribution >= 4 is 17.0 Å². The number of pyridine rings is 1. The largest absolute Gasteiger partial charge is 0.490 e. The molecule has 7 nitrogen and oxygen atoms in total. The number of rotatable bonds is 3. The van der Waals surface area contributed by atoms with E-state index >= 15 is 0 Å². The van der Waals surface area contributed by atoms with Gasteiger partial charge < -0.3 is 10.1 Å². The maximum absolute atomic E-state index is 13.0. The summed E-state index contributed by atoms with van der Waals surface area (Å²) in [5.41, 5.74) is 2.36. The molecule has 0 saturated heterocycles. The number of nitriles is 1. The van der Waals surface area contributed by atoms with Crippen LogP contribution in [-0.4, -0.2) is 37.0 Å². The summed E-state index contributed by atoms with van der Waals surface area (Å²) < 4.78 is 72.1. The molecule has 0 fully saturated rings. The Bertz CT molecular complexity index is 1360. The topological polar surface area (TPSA) is 108 Å². The average molecular weight is 481 g/mol. The Hall–Kier alpha value is -4.34. The van der Waals surface area contributed by atoms with Crippen LogP contribution in [0.2, 0.25) is 0 Å². The monoisotopic (exact) mass is 481 g/mol. The van der Waals surface area contributed by atoms with E-state index in [0.29, 0.717) is 5.69 Å². The molecular weight excluding hydrogens is 468 g/mol. The van der Waals surface area contributed by atoms with Crippen LogP contribution in [0.3, 0.4) is 0 Å². The zero-order chi connectivity index (χ0) is 25.1. The van der Waals surface area contributed by atoms with Crippen LogP contribution < -0.4 is 0 Å². The van der Waals surface area contributed by atoms with E-state index in [0.717, 1.165) is 34.3 Å². The number of halogens is 6. The molecule has 3 heterocycles. The molecule has 176 valence electrons. The third-order valence-corrected chi connectivity index (χ3v) is 4.52. The zero-order valence-electron chi connectivity index (χ0n) is 16.8. The summed E-state index contributed by atoms with van der Waals surface area (Å²) in [6, 6.07) is 8.99. The van der Waals surface area contributed by atoms with Crippen molar-refractivity contribution in [2.24, 2.45) is 0 Å². The van der Waals surface area contributed by atoms with Crippen molar-refractivity contribution in [1.82, 2.24) is 19.7 Å². The molecule has 0 radical (unpaired) electrons. The molecule has 1 aromatic carbocycles. The maximum atomic E-state index is 13.0. The molecular formula is C21H13F6N5O2. The highest BCUT2D eigenvalue weighted by Crippen LogP contribution is 2.32. The van der Waals surface area contributed by atoms with Crippen LogP contribution in [0.1, 0.15) is 11.1 Å². The number of carboxylic acids is 1. The zero-order valence-corrected chi connectivity index (χ0v) is 16.8. The molecule has 0 unspecified atom stereocenters. The molecule has 0 atom stereocenters. The molecule has 0 aliphatic rings. The van der Waals surface area contributed by atoms with Crippen LogP contribution in [0.15, 0.2) is 55.1 Å². The first-order chi connectivity index (χ1) is 15.9. The quantitative estimate of drug-likeness (QED) is 0.395. The number of aromatic amines is 1. The molecule has 13 heteroatoms. The number of fused-ring (bicyclic) bond motifs is 1. The molecule has 34 heavy (non-hydrogen) atoms. The third-order valence-electron chi connectivity index (χ3n) is 4.52. The Kier molecular flexibility index (Phi) is 6.62. The highest BCUT2D eigenvalue weighted by Gasteiger charge is 2.38. The number of alkyl halides is 6. The molecule has 4 aromatic rings. The van der Waals surface area contributed by atoms with Crippen LogP contribution in [0.4, 0.5) is 26.3 Å². The van der Waals surface area contributed by atoms with E-state index in [2.05, 4.69) is 15.1 Å². The predicted octanol–water partition coefficient (Wildman–Crippen LogP) is 5.13. The van der Waals surface area contributed by atoms with E-state index in [1.54, 1.807) is 24.8 Å². The number of nitrogens with one attached hydrogen (secondary N) is 1. The Labute approximate surface area is 186 Å². The fourth-order valence-corrected chi connectivity index (χ4v) is 3.02. The normalized spacial score (nSPS) is 11.6. The summed E-state index contributed by atoms with van der Waals surface area (Å²) in [5, 5.41) is 21.3. The van der Waals surface area contributed by atoms with Gasteiger partial charge >= 0.3 is 18.3 Å². The first-order valence-corrected chi connectivity index (χ1v) is 9.26. The van der Waals surface area contributed by atoms with Crippen molar-refractivity contribution < 1.29 is 36.2 Å². The standard InChI is InChI=1S/C19H12F3N5.C2HF3O2/c20-19(21,22)14-1-2-17(12(9-14)3-6-23)27-11-13(10-26-27)15-4-7-24-18-16(15)5-8-25-18;3-2(4,5)1(6)7/h1-2,4-5,7-11H,3H2,(H,24,25);(H,6,7). The Morgan fingerprint density at radius 1 is 1.15 bits per heavy atom. The summed E-state index contributed by atoms with van der Waals surface area (Å²) in [4.78, 5) is 16.2. The second kappa shape index (κ2) is 9.26. The fraction of sp³-hybridized carbons (Fsp3) is 0.143. The molecule has 0 aliphatic carbocycles. The van der Waals surface area contributed by atoms with E-state index in [1.165, 1.54) is 10.7 Å². The molecule has 0 spiro atoms. The molecule has 0 aliphatic heterocycles. The van der Waals surface area contributed by atoms with Crippen molar-refractivity contribution in [2.45, 2.75) is 18.8 Å². The lowest BCUT2D eigenvalue weighted by molar-refractivity contribution is -0.192. The van der Waals surface area contributed by atoms with E-state index in [1.807, 2.05) is 18.2 Å². The van der Waals surface area contributed by atoms with Crippen LogP contribution in [0.5, 0.6) is 0 Å². The van der Waals surface area contributed by atoms with Gasteiger partial charge in [0.05, 0.1) is 29.9 Å². The van der Waals surface area contributed by atoms with Crippen LogP contribution in [0.25, 0.3) is 27.8 Å². The van der Waals surface area contributed by atoms with Gasteiger partial charge in [0.1, 0.15) is 5.65 Å². The summed E-state index contributed by atoms with van der Waals surface area (Å²) in [7, 11) is 0. The summed E-state index contributed by atoms with van der Waals surface area (Å²) in [6.45, 7) is 0. The number of H-pyrrole nitrogens is 1. The third kappa shape index (κ3) is 5.34. The number of carboxylic acid groups (broad SMARTS) is 1. The van der Waals surface area contributed by atoms with Crippen LogP contribution in [-0.2, 0) is 17.4 Å². The Morgan fingerprint density at radius 3 is 2.47 bits per heavy atom. The van der Waals surface area contributed by atoms with Gasteiger partial charge in [-0.25, -0.2) is 14.5 Å². The van der Waals surface area contributed by atoms with Gasteiger partial charge in [-0.1, -0.05) is 0 Å². The number of benzene rings is 1. The number of hydrogen-bond acceptors (Lipinski definition) is 4. The summed E-state index contributed by atoms with van der Waals surface area (Å²) in [6.07, 6.45) is -2.88. The summed E-state index contributed by atoms with van der Waals surface area (Å²) >= 11 is 0. The van der Waals surface area contributed by atoms with E-state index in [4.69, 9.17) is 15.2 Å². The van der Waals surface area contributed by atoms with Gasteiger partial charge in [0.25, 0.3) is 0 Å². The van der Waals surface area contributed by atoms with Crippen LogP contribution in [0, 0.1) is 11.3 Å². The second-order valence-corrected chi connectivity index (χ2v) is 6.75. The first-order valence-electron chi connectivity index (χ1n) is 9.26. The molecule has 0 amide bonds. The summed E-state index contributed by atoms with van der Waals surface area (Å²) in [5.74, 6) is -2.76. The van der Waals surface area contributed by atoms with Gasteiger partial charge in [-0.3, -0.25) is 0 Å². The average Bonchev–Trinajstić information content (AvgIpc) is 3.42. The molecule has 0 bridgehead atoms. The van der Waals surface area contributed by atoms with Gasteiger partial charge in [-0.2, -0.15) is 36.7 Å². The van der Waals surface area contributed by atoms with Crippen molar-refractivity contribution in [3.05, 3.63) is 66.2 Å². The molecule has 3 aromatic heterocycles. The van der Waals surface area contributed by atoms with E-state index < -0.39 is 23.9 Å². The van der Waals surface area contributed by atoms with Gasteiger partial charge in [-0.05, 0) is 41.5 Å².